The van der Waals surface area contributed by atoms with Crippen LogP contribution >= 0.6 is 0 Å². The fourth-order valence-corrected chi connectivity index (χ4v) is 1.49. The molecular formula is C8H14N2O3. The van der Waals surface area contributed by atoms with E-state index >= 15 is 0 Å². The molecule has 1 saturated heterocycles. The number of nitrogens with two attached hydrogens (primary N) is 1. The smallest absolute Gasteiger partial charge is 0.324 e. The summed E-state index contributed by atoms with van der Waals surface area (Å²) >= 11 is 0. The van der Waals surface area contributed by atoms with Crippen LogP contribution in [0.4, 0.5) is 0 Å². The zero-order valence-corrected chi connectivity index (χ0v) is 7.54. The van der Waals surface area contributed by atoms with Crippen LogP contribution in [0, 0.1) is 5.92 Å². The van der Waals surface area contributed by atoms with Gasteiger partial charge in [0.05, 0.1) is 5.92 Å². The van der Waals surface area contributed by atoms with Crippen molar-refractivity contribution in [2.45, 2.75) is 25.3 Å². The number of nitrogens with one attached hydrogen (secondary N) is 1. The van der Waals surface area contributed by atoms with Gasteiger partial charge in [-0.15, -0.1) is 0 Å². The lowest BCUT2D eigenvalue weighted by Gasteiger charge is -2.27. The van der Waals surface area contributed by atoms with E-state index in [0.717, 1.165) is 0 Å². The summed E-state index contributed by atoms with van der Waals surface area (Å²) in [5.41, 5.74) is 4.27. The van der Waals surface area contributed by atoms with Crippen molar-refractivity contribution in [3.05, 3.63) is 0 Å². The average Bonchev–Trinajstić information content (AvgIpc) is 2.19. The molecule has 13 heavy (non-hydrogen) atoms. The lowest BCUT2D eigenvalue weighted by Crippen LogP contribution is -2.55. The van der Waals surface area contributed by atoms with E-state index in [1.165, 1.54) is 0 Å². The molecule has 1 aliphatic rings. The first kappa shape index (κ1) is 9.98. The van der Waals surface area contributed by atoms with Gasteiger partial charge < -0.3 is 16.2 Å². The summed E-state index contributed by atoms with van der Waals surface area (Å²) in [5, 5.41) is 11.5. The molecule has 0 aromatic heterocycles. The summed E-state index contributed by atoms with van der Waals surface area (Å²) in [5.74, 6) is -2.05. The summed E-state index contributed by atoms with van der Waals surface area (Å²) in [7, 11) is 0. The Hall–Kier alpha value is -1.10. The maximum atomic E-state index is 11.3. The van der Waals surface area contributed by atoms with Gasteiger partial charge in [0.2, 0.25) is 5.91 Å². The second kappa shape index (κ2) is 3.33. The molecule has 5 nitrogen and oxygen atoms in total. The second-order valence-corrected chi connectivity index (χ2v) is 3.46. The minimum atomic E-state index is -1.40. The van der Waals surface area contributed by atoms with Crippen molar-refractivity contribution in [1.82, 2.24) is 5.32 Å². The molecule has 2 atom stereocenters. The Bertz CT molecular complexity index is 242. The SMILES string of the molecule is C[C@@H]1C(=O)NCCC[C@@]1(N)C(=O)O. The first-order chi connectivity index (χ1) is 5.98. The zero-order valence-electron chi connectivity index (χ0n) is 7.54. The Labute approximate surface area is 76.3 Å². The summed E-state index contributed by atoms with van der Waals surface area (Å²) in [4.78, 5) is 22.2. The van der Waals surface area contributed by atoms with Crippen LogP contribution in [0.3, 0.4) is 0 Å². The molecule has 1 rings (SSSR count). The highest BCUT2D eigenvalue weighted by Gasteiger charge is 2.44. The third kappa shape index (κ3) is 1.65. The maximum Gasteiger partial charge on any atom is 0.324 e. The van der Waals surface area contributed by atoms with E-state index in [9.17, 15) is 9.59 Å². The highest BCUT2D eigenvalue weighted by atomic mass is 16.4. The molecule has 0 bridgehead atoms. The molecule has 0 aromatic carbocycles. The first-order valence-electron chi connectivity index (χ1n) is 4.28. The van der Waals surface area contributed by atoms with Crippen molar-refractivity contribution in [2.75, 3.05) is 6.54 Å². The van der Waals surface area contributed by atoms with Crippen molar-refractivity contribution in [2.24, 2.45) is 11.7 Å². The van der Waals surface area contributed by atoms with Crippen molar-refractivity contribution < 1.29 is 14.7 Å². The van der Waals surface area contributed by atoms with E-state index in [1.807, 2.05) is 0 Å². The molecule has 1 fully saturated rings. The molecule has 0 aromatic rings. The third-order valence-electron chi connectivity index (χ3n) is 2.63. The van der Waals surface area contributed by atoms with E-state index in [-0.39, 0.29) is 5.91 Å². The molecule has 1 heterocycles. The van der Waals surface area contributed by atoms with Gasteiger partial charge in [-0.05, 0) is 12.8 Å². The molecule has 0 saturated carbocycles. The minimum absolute atomic E-state index is 0.276. The van der Waals surface area contributed by atoms with Crippen LogP contribution in [0.5, 0.6) is 0 Å². The van der Waals surface area contributed by atoms with Gasteiger partial charge in [-0.2, -0.15) is 0 Å². The summed E-state index contributed by atoms with van der Waals surface area (Å²) in [6, 6.07) is 0. The van der Waals surface area contributed by atoms with E-state index in [4.69, 9.17) is 10.8 Å². The number of amides is 1. The van der Waals surface area contributed by atoms with Gasteiger partial charge in [0.15, 0.2) is 0 Å². The Kier molecular flexibility index (Phi) is 2.56. The van der Waals surface area contributed by atoms with E-state index in [1.54, 1.807) is 6.92 Å². The summed E-state index contributed by atoms with van der Waals surface area (Å²) in [6.45, 7) is 2.06. The van der Waals surface area contributed by atoms with E-state index in [2.05, 4.69) is 5.32 Å². The Morgan fingerprint density at radius 3 is 2.92 bits per heavy atom. The number of carbonyl (C=O) groups is 2. The fraction of sp³-hybridized carbons (Fsp3) is 0.750. The Balaban J connectivity index is 2.93. The molecule has 0 spiro atoms. The number of rotatable bonds is 1. The lowest BCUT2D eigenvalue weighted by molar-refractivity contribution is -0.148. The number of aliphatic carboxylic acids is 1. The van der Waals surface area contributed by atoms with Gasteiger partial charge in [-0.25, -0.2) is 0 Å². The van der Waals surface area contributed by atoms with E-state index < -0.39 is 17.4 Å². The zero-order chi connectivity index (χ0) is 10.1. The predicted octanol–water partition coefficient (Wildman–Crippen LogP) is -0.685. The number of hydrogen-bond donors (Lipinski definition) is 3. The number of hydrogen-bond acceptors (Lipinski definition) is 3. The van der Waals surface area contributed by atoms with Gasteiger partial charge in [0.25, 0.3) is 0 Å². The third-order valence-corrected chi connectivity index (χ3v) is 2.63. The standard InChI is InChI=1S/C8H14N2O3/c1-5-6(11)10-4-2-3-8(5,9)7(12)13/h5H,2-4,9H2,1H3,(H,10,11)(H,12,13)/t5-,8+/m1/s1. The number of carboxylic acids is 1. The largest absolute Gasteiger partial charge is 0.480 e. The predicted molar refractivity (Wildman–Crippen MR) is 46.0 cm³/mol. The van der Waals surface area contributed by atoms with Gasteiger partial charge in [-0.1, -0.05) is 6.92 Å². The van der Waals surface area contributed by atoms with Crippen LogP contribution in [0.25, 0.3) is 0 Å². The van der Waals surface area contributed by atoms with Gasteiger partial charge in [-0.3, -0.25) is 9.59 Å². The first-order valence-corrected chi connectivity index (χ1v) is 4.28. The molecule has 0 aliphatic carbocycles. The Morgan fingerprint density at radius 2 is 2.38 bits per heavy atom. The summed E-state index contributed by atoms with van der Waals surface area (Å²) in [6.07, 6.45) is 0.946. The number of carboxylic acid groups (broad SMARTS) is 1. The second-order valence-electron chi connectivity index (χ2n) is 3.46. The van der Waals surface area contributed by atoms with Crippen LogP contribution in [-0.2, 0) is 9.59 Å². The van der Waals surface area contributed by atoms with Crippen LogP contribution in [0.2, 0.25) is 0 Å². The topological polar surface area (TPSA) is 92.4 Å². The quantitative estimate of drug-likeness (QED) is 0.505. The fourth-order valence-electron chi connectivity index (χ4n) is 1.49. The molecule has 74 valence electrons. The van der Waals surface area contributed by atoms with Crippen molar-refractivity contribution in [3.8, 4) is 0 Å². The molecule has 1 aliphatic heterocycles. The average molecular weight is 186 g/mol. The van der Waals surface area contributed by atoms with Crippen molar-refractivity contribution in [1.29, 1.82) is 0 Å². The van der Waals surface area contributed by atoms with Crippen LogP contribution in [0.1, 0.15) is 19.8 Å². The van der Waals surface area contributed by atoms with Crippen LogP contribution < -0.4 is 11.1 Å². The highest BCUT2D eigenvalue weighted by Crippen LogP contribution is 2.23. The van der Waals surface area contributed by atoms with Gasteiger partial charge in [0.1, 0.15) is 5.54 Å². The normalized spacial score (nSPS) is 34.9. The number of carbonyl (C=O) groups excluding carboxylic acids is 1. The molecule has 0 radical (unpaired) electrons. The maximum absolute atomic E-state index is 11.3. The molecular weight excluding hydrogens is 172 g/mol. The molecule has 0 unspecified atom stereocenters. The monoisotopic (exact) mass is 186 g/mol. The van der Waals surface area contributed by atoms with Crippen LogP contribution in [-0.4, -0.2) is 29.1 Å². The van der Waals surface area contributed by atoms with Gasteiger partial charge in [0, 0.05) is 6.54 Å². The van der Waals surface area contributed by atoms with E-state index in [0.29, 0.717) is 19.4 Å². The van der Waals surface area contributed by atoms with Crippen molar-refractivity contribution >= 4 is 11.9 Å². The minimum Gasteiger partial charge on any atom is -0.480 e. The van der Waals surface area contributed by atoms with Crippen molar-refractivity contribution in [3.63, 3.8) is 0 Å². The lowest BCUT2D eigenvalue weighted by atomic mass is 9.83. The molecule has 4 N–H and O–H groups in total. The Morgan fingerprint density at radius 1 is 1.77 bits per heavy atom. The van der Waals surface area contributed by atoms with Gasteiger partial charge >= 0.3 is 5.97 Å². The summed E-state index contributed by atoms with van der Waals surface area (Å²) < 4.78 is 0. The van der Waals surface area contributed by atoms with Crippen LogP contribution in [0.15, 0.2) is 0 Å². The highest BCUT2D eigenvalue weighted by molar-refractivity contribution is 5.89. The molecule has 5 heteroatoms. The molecule has 1 amide bonds.